The zero-order valence-electron chi connectivity index (χ0n) is 58.4. The Hall–Kier alpha value is -10.8. The molecule has 0 radical (unpaired) electrons. The van der Waals surface area contributed by atoms with Gasteiger partial charge in [0.2, 0.25) is 0 Å². The van der Waals surface area contributed by atoms with Gasteiger partial charge in [0.05, 0.1) is 11.4 Å². The second-order valence-corrected chi connectivity index (χ2v) is 27.0. The van der Waals surface area contributed by atoms with E-state index in [0.29, 0.717) is 0 Å². The fraction of sp³-hybridized carbons (Fsp3) is 0.158. The van der Waals surface area contributed by atoms with Crippen molar-refractivity contribution in [1.29, 1.82) is 0 Å². The second-order valence-electron chi connectivity index (χ2n) is 27.0. The van der Waals surface area contributed by atoms with Crippen molar-refractivity contribution in [2.45, 2.75) is 101 Å². The third kappa shape index (κ3) is 11.6. The first kappa shape index (κ1) is 63.6. The summed E-state index contributed by atoms with van der Waals surface area (Å²) in [7, 11) is 0. The summed E-state index contributed by atoms with van der Waals surface area (Å²) in [5, 5.41) is 4.83. The first-order valence-electron chi connectivity index (χ1n) is 34.7. The molecule has 0 amide bonds. The Morgan fingerprint density at radius 2 is 0.505 bits per heavy atom. The summed E-state index contributed by atoms with van der Waals surface area (Å²) in [4.78, 5) is 4.86. The number of fused-ring (bicyclic) bond motifs is 2. The molecular weight excluding hydrogens is 1170 g/mol. The highest BCUT2D eigenvalue weighted by molar-refractivity contribution is 6.01. The van der Waals surface area contributed by atoms with Gasteiger partial charge in [0.1, 0.15) is 0 Å². The Balaban J connectivity index is 0.736. The molecule has 0 saturated heterocycles. The maximum atomic E-state index is 2.43. The van der Waals surface area contributed by atoms with Crippen LogP contribution in [0, 0.1) is 69.2 Å². The molecule has 0 aliphatic rings. The van der Waals surface area contributed by atoms with E-state index in [1.165, 1.54) is 155 Å². The first-order chi connectivity index (χ1) is 47.1. The third-order valence-corrected chi connectivity index (χ3v) is 22.2. The van der Waals surface area contributed by atoms with Gasteiger partial charge in [-0.3, -0.25) is 0 Å². The minimum atomic E-state index is -0.151. The SMILES string of the molecule is CCC(CC)(c1ccc(-c2ccc(N(c3cccc(-c4cccc(-c5c(C)c(C)c(C)c(C)c5C)c4)c3)c3cccc4ccccc34)cc2)cc1)c1ccc(-c2ccc(N(c3cccc(-c4cccc(-c5c(C)c(C)c(C)c(C)c5C)c4)c3)c3cccc4ccccc34)cc2)cc1. The summed E-state index contributed by atoms with van der Waals surface area (Å²) in [6.45, 7) is 27.4. The minimum absolute atomic E-state index is 0.151. The van der Waals surface area contributed by atoms with Gasteiger partial charge in [0, 0.05) is 38.9 Å². The van der Waals surface area contributed by atoms with Crippen LogP contribution in [0.3, 0.4) is 0 Å². The Morgan fingerprint density at radius 3 is 0.856 bits per heavy atom. The van der Waals surface area contributed by atoms with Crippen molar-refractivity contribution in [3.8, 4) is 66.8 Å². The van der Waals surface area contributed by atoms with Crippen molar-refractivity contribution >= 4 is 55.7 Å². The monoisotopic (exact) mass is 1250 g/mol. The predicted octanol–water partition coefficient (Wildman–Crippen LogP) is 27.1. The van der Waals surface area contributed by atoms with Crippen LogP contribution in [-0.4, -0.2) is 0 Å². The van der Waals surface area contributed by atoms with Crippen LogP contribution in [0.25, 0.3) is 88.3 Å². The average molecular weight is 1260 g/mol. The van der Waals surface area contributed by atoms with E-state index < -0.39 is 0 Å². The molecule has 0 fully saturated rings. The first-order valence-corrected chi connectivity index (χ1v) is 34.7. The molecule has 0 unspecified atom stereocenters. The highest BCUT2D eigenvalue weighted by atomic mass is 15.1. The molecule has 0 aliphatic heterocycles. The van der Waals surface area contributed by atoms with Crippen LogP contribution in [0.15, 0.2) is 279 Å². The second kappa shape index (κ2) is 26.4. The molecule has 0 N–H and O–H groups in total. The van der Waals surface area contributed by atoms with E-state index in [-0.39, 0.29) is 5.41 Å². The van der Waals surface area contributed by atoms with Crippen molar-refractivity contribution in [2.24, 2.45) is 0 Å². The summed E-state index contributed by atoms with van der Waals surface area (Å²) >= 11 is 0. The van der Waals surface area contributed by atoms with Crippen LogP contribution in [0.1, 0.15) is 93.5 Å². The molecule has 0 bridgehead atoms. The fourth-order valence-corrected chi connectivity index (χ4v) is 15.7. The topological polar surface area (TPSA) is 6.48 Å². The van der Waals surface area contributed by atoms with Crippen molar-refractivity contribution in [3.63, 3.8) is 0 Å². The van der Waals surface area contributed by atoms with Crippen LogP contribution < -0.4 is 9.80 Å². The largest absolute Gasteiger partial charge is 0.310 e. The van der Waals surface area contributed by atoms with Gasteiger partial charge in [0.25, 0.3) is 0 Å². The normalized spacial score (nSPS) is 11.6. The Bertz CT molecular complexity index is 4880. The van der Waals surface area contributed by atoms with E-state index in [4.69, 9.17) is 0 Å². The molecular formula is C95H86N2. The van der Waals surface area contributed by atoms with Crippen LogP contribution in [0.2, 0.25) is 0 Å². The lowest BCUT2D eigenvalue weighted by atomic mass is 9.70. The fourth-order valence-electron chi connectivity index (χ4n) is 15.7. The number of hydrogen-bond donors (Lipinski definition) is 0. The van der Waals surface area contributed by atoms with E-state index in [2.05, 4.69) is 372 Å². The molecule has 0 aliphatic carbocycles. The quantitative estimate of drug-likeness (QED) is 0.0951. The molecule has 14 rings (SSSR count). The van der Waals surface area contributed by atoms with E-state index in [1.807, 2.05) is 0 Å². The van der Waals surface area contributed by atoms with Crippen LogP contribution in [-0.2, 0) is 5.41 Å². The van der Waals surface area contributed by atoms with E-state index in [0.717, 1.165) is 47.0 Å². The summed E-state index contributed by atoms with van der Waals surface area (Å²) in [6, 6.07) is 104. The van der Waals surface area contributed by atoms with Crippen molar-refractivity contribution in [1.82, 2.24) is 0 Å². The highest BCUT2D eigenvalue weighted by Crippen LogP contribution is 2.46. The average Bonchev–Trinajstić information content (AvgIpc) is 0.809. The number of nitrogens with zero attached hydrogens (tertiary/aromatic N) is 2. The molecule has 97 heavy (non-hydrogen) atoms. The van der Waals surface area contributed by atoms with E-state index >= 15 is 0 Å². The molecule has 0 saturated carbocycles. The molecule has 0 aromatic heterocycles. The van der Waals surface area contributed by atoms with Gasteiger partial charge in [-0.05, 0) is 299 Å². The van der Waals surface area contributed by atoms with Gasteiger partial charge in [-0.1, -0.05) is 220 Å². The smallest absolute Gasteiger partial charge is 0.0540 e. The van der Waals surface area contributed by atoms with Gasteiger partial charge in [0.15, 0.2) is 0 Å². The maximum Gasteiger partial charge on any atom is 0.0540 e. The molecule has 0 atom stereocenters. The highest BCUT2D eigenvalue weighted by Gasteiger charge is 2.31. The molecule has 14 aromatic carbocycles. The molecule has 476 valence electrons. The summed E-state index contributed by atoms with van der Waals surface area (Å²) in [6.07, 6.45) is 1.96. The zero-order chi connectivity index (χ0) is 67.2. The van der Waals surface area contributed by atoms with Crippen molar-refractivity contribution < 1.29 is 0 Å². The number of benzene rings is 14. The van der Waals surface area contributed by atoms with E-state index in [9.17, 15) is 0 Å². The summed E-state index contributed by atoms with van der Waals surface area (Å²) in [5.41, 5.74) is 37.7. The zero-order valence-corrected chi connectivity index (χ0v) is 58.4. The van der Waals surface area contributed by atoms with Gasteiger partial charge < -0.3 is 9.80 Å². The lowest BCUT2D eigenvalue weighted by molar-refractivity contribution is 0.478. The minimum Gasteiger partial charge on any atom is -0.310 e. The standard InChI is InChI=1S/C95H86N2/c1-13-95(14-2,83-49-41-71(42-50-83)73-45-53-85(54-46-73)96(91-39-23-27-75-25-15-17-37-89(75)91)87-35-21-31-79(59-87)77-29-19-33-81(57-77)93-67(9)63(5)61(3)64(6)68(93)10)84-51-43-72(44-52-84)74-47-55-86(56-48-74)97(92-40-24-28-76-26-16-18-38-90(76)92)88-36-22-32-80(60-88)78-30-20-34-82(58-78)94-69(11)65(7)62(4)66(8)70(94)12/h15-60H,13-14H2,1-12H3. The van der Waals surface area contributed by atoms with Crippen LogP contribution in [0.5, 0.6) is 0 Å². The molecule has 0 spiro atoms. The summed E-state index contributed by atoms with van der Waals surface area (Å²) < 4.78 is 0. The van der Waals surface area contributed by atoms with Crippen molar-refractivity contribution in [3.05, 3.63) is 346 Å². The predicted molar refractivity (Wildman–Crippen MR) is 419 cm³/mol. The Kier molecular flexibility index (Phi) is 17.3. The number of rotatable bonds is 16. The van der Waals surface area contributed by atoms with Crippen LogP contribution in [0.4, 0.5) is 34.1 Å². The van der Waals surface area contributed by atoms with E-state index in [1.54, 1.807) is 0 Å². The third-order valence-electron chi connectivity index (χ3n) is 22.2. The number of anilines is 6. The lowest BCUT2D eigenvalue weighted by Crippen LogP contribution is -2.26. The Labute approximate surface area is 575 Å². The molecule has 2 nitrogen and oxygen atoms in total. The number of hydrogen-bond acceptors (Lipinski definition) is 2. The van der Waals surface area contributed by atoms with Gasteiger partial charge in [-0.15, -0.1) is 0 Å². The molecule has 0 heterocycles. The molecule has 2 heteroatoms. The van der Waals surface area contributed by atoms with Crippen molar-refractivity contribution in [2.75, 3.05) is 9.80 Å². The summed E-state index contributed by atoms with van der Waals surface area (Å²) in [5.74, 6) is 0. The van der Waals surface area contributed by atoms with Gasteiger partial charge in [-0.25, -0.2) is 0 Å². The Morgan fingerprint density at radius 1 is 0.227 bits per heavy atom. The van der Waals surface area contributed by atoms with Gasteiger partial charge >= 0.3 is 0 Å². The maximum absolute atomic E-state index is 2.43. The van der Waals surface area contributed by atoms with Crippen LogP contribution >= 0.6 is 0 Å². The lowest BCUT2D eigenvalue weighted by Gasteiger charge is -2.33. The van der Waals surface area contributed by atoms with Gasteiger partial charge in [-0.2, -0.15) is 0 Å². The molecule has 14 aromatic rings.